The molecule has 6 nitrogen and oxygen atoms in total. The van der Waals surface area contributed by atoms with Crippen LogP contribution in [0.25, 0.3) is 11.4 Å². The fraction of sp³-hybridized carbons (Fsp3) is 0.176. The van der Waals surface area contributed by atoms with Crippen LogP contribution in [0.2, 0.25) is 0 Å². The molecule has 4 rings (SSSR count). The molecule has 1 aliphatic carbocycles. The Morgan fingerprint density at radius 2 is 1.96 bits per heavy atom. The summed E-state index contributed by atoms with van der Waals surface area (Å²) in [5, 5.41) is 11.9. The second-order valence-electron chi connectivity index (χ2n) is 5.64. The summed E-state index contributed by atoms with van der Waals surface area (Å²) in [6, 6.07) is 13.3. The van der Waals surface area contributed by atoms with Crippen LogP contribution in [-0.4, -0.2) is 30.8 Å². The predicted molar refractivity (Wildman–Crippen MR) is 92.5 cm³/mol. The van der Waals surface area contributed by atoms with Gasteiger partial charge in [0.25, 0.3) is 0 Å². The topological polar surface area (TPSA) is 83.6 Å². The number of aromatic amines is 1. The maximum Gasteiger partial charge on any atom is 0.241 e. The number of hydrogen-bond acceptors (Lipinski definition) is 5. The molecule has 2 heterocycles. The maximum atomic E-state index is 12.6. The number of hydrogen-bond donors (Lipinski definition) is 2. The lowest BCUT2D eigenvalue weighted by Gasteiger charge is -2.13. The van der Waals surface area contributed by atoms with Gasteiger partial charge in [-0.2, -0.15) is 0 Å². The molecule has 0 unspecified atom stereocenters. The van der Waals surface area contributed by atoms with E-state index < -0.39 is 4.75 Å². The van der Waals surface area contributed by atoms with Crippen LogP contribution >= 0.6 is 11.8 Å². The van der Waals surface area contributed by atoms with Gasteiger partial charge in [-0.3, -0.25) is 9.78 Å². The van der Waals surface area contributed by atoms with E-state index in [1.165, 1.54) is 11.8 Å². The van der Waals surface area contributed by atoms with Gasteiger partial charge in [0, 0.05) is 23.6 Å². The second kappa shape index (κ2) is 6.09. The van der Waals surface area contributed by atoms with E-state index in [9.17, 15) is 4.79 Å². The van der Waals surface area contributed by atoms with Crippen LogP contribution in [0.3, 0.4) is 0 Å². The molecule has 1 aliphatic rings. The van der Waals surface area contributed by atoms with Gasteiger partial charge in [-0.1, -0.05) is 30.0 Å². The number of para-hydroxylation sites is 1. The monoisotopic (exact) mass is 337 g/mol. The third-order valence-electron chi connectivity index (χ3n) is 3.84. The zero-order chi connectivity index (χ0) is 16.4. The molecule has 0 spiro atoms. The number of thioether (sulfide) groups is 1. The van der Waals surface area contributed by atoms with E-state index in [0.717, 1.165) is 24.1 Å². The van der Waals surface area contributed by atoms with Crippen molar-refractivity contribution in [1.29, 1.82) is 0 Å². The van der Waals surface area contributed by atoms with Gasteiger partial charge in [-0.15, -0.1) is 10.2 Å². The van der Waals surface area contributed by atoms with Crippen LogP contribution in [0.5, 0.6) is 0 Å². The van der Waals surface area contributed by atoms with Crippen molar-refractivity contribution in [2.75, 3.05) is 5.32 Å². The molecule has 1 aromatic carbocycles. The number of H-pyrrole nitrogens is 1. The van der Waals surface area contributed by atoms with Crippen molar-refractivity contribution in [3.63, 3.8) is 0 Å². The molecule has 3 aromatic rings. The number of pyridine rings is 1. The molecule has 1 amide bonds. The van der Waals surface area contributed by atoms with E-state index in [-0.39, 0.29) is 5.91 Å². The number of benzene rings is 1. The smallest absolute Gasteiger partial charge is 0.241 e. The van der Waals surface area contributed by atoms with Gasteiger partial charge in [-0.05, 0) is 37.1 Å². The average Bonchev–Trinajstić information content (AvgIpc) is 3.26. The minimum Gasteiger partial charge on any atom is -0.325 e. The Kier molecular flexibility index (Phi) is 3.78. The van der Waals surface area contributed by atoms with Gasteiger partial charge in [0.05, 0.1) is 0 Å². The first-order valence-corrected chi connectivity index (χ1v) is 8.45. The Bertz CT molecular complexity index is 846. The SMILES string of the molecule is O=C(Nc1ccccc1)C1(Sc2nnc(-c3cccnc3)[nH]2)CC1. The van der Waals surface area contributed by atoms with Crippen molar-refractivity contribution in [2.24, 2.45) is 0 Å². The standard InChI is InChI=1S/C17H15N5OS/c23-15(19-13-6-2-1-3-7-13)17(8-9-17)24-16-20-14(21-22-16)12-5-4-10-18-11-12/h1-7,10-11H,8-9H2,(H,19,23)(H,20,21,22). The lowest BCUT2D eigenvalue weighted by molar-refractivity contribution is -0.116. The van der Waals surface area contributed by atoms with Gasteiger partial charge >= 0.3 is 0 Å². The highest BCUT2D eigenvalue weighted by Crippen LogP contribution is 2.51. The first-order chi connectivity index (χ1) is 11.8. The molecule has 24 heavy (non-hydrogen) atoms. The van der Waals surface area contributed by atoms with Crippen molar-refractivity contribution in [2.45, 2.75) is 22.7 Å². The van der Waals surface area contributed by atoms with Gasteiger partial charge in [0.2, 0.25) is 5.91 Å². The molecule has 0 saturated heterocycles. The van der Waals surface area contributed by atoms with E-state index in [4.69, 9.17) is 0 Å². The Labute approximate surface area is 143 Å². The van der Waals surface area contributed by atoms with Crippen LogP contribution in [-0.2, 0) is 4.79 Å². The van der Waals surface area contributed by atoms with E-state index >= 15 is 0 Å². The van der Waals surface area contributed by atoms with Crippen molar-refractivity contribution in [3.8, 4) is 11.4 Å². The Hall–Kier alpha value is -2.67. The summed E-state index contributed by atoms with van der Waals surface area (Å²) in [7, 11) is 0. The fourth-order valence-corrected chi connectivity index (χ4v) is 3.42. The van der Waals surface area contributed by atoms with Gasteiger partial charge < -0.3 is 10.3 Å². The van der Waals surface area contributed by atoms with Gasteiger partial charge in [0.15, 0.2) is 11.0 Å². The third kappa shape index (κ3) is 3.03. The Morgan fingerprint density at radius 3 is 2.67 bits per heavy atom. The lowest BCUT2D eigenvalue weighted by atomic mass is 10.3. The lowest BCUT2D eigenvalue weighted by Crippen LogP contribution is -2.26. The summed E-state index contributed by atoms with van der Waals surface area (Å²) in [4.78, 5) is 19.8. The predicted octanol–water partition coefficient (Wildman–Crippen LogP) is 3.13. The fourth-order valence-electron chi connectivity index (χ4n) is 2.37. The van der Waals surface area contributed by atoms with E-state index in [1.807, 2.05) is 42.5 Å². The summed E-state index contributed by atoms with van der Waals surface area (Å²) in [5.41, 5.74) is 1.68. The first-order valence-electron chi connectivity index (χ1n) is 7.64. The third-order valence-corrected chi connectivity index (χ3v) is 5.20. The molecule has 0 aliphatic heterocycles. The highest BCUT2D eigenvalue weighted by Gasteiger charge is 2.51. The minimum absolute atomic E-state index is 0.0121. The molecule has 1 saturated carbocycles. The number of anilines is 1. The number of carbonyl (C=O) groups excluding carboxylic acids is 1. The largest absolute Gasteiger partial charge is 0.325 e. The maximum absolute atomic E-state index is 12.6. The minimum atomic E-state index is -0.457. The van der Waals surface area contributed by atoms with Crippen LogP contribution in [0, 0.1) is 0 Å². The Balaban J connectivity index is 1.47. The van der Waals surface area contributed by atoms with Crippen molar-refractivity contribution in [3.05, 3.63) is 54.9 Å². The number of amides is 1. The van der Waals surface area contributed by atoms with Crippen LogP contribution in [0.15, 0.2) is 60.0 Å². The molecule has 2 aromatic heterocycles. The summed E-state index contributed by atoms with van der Waals surface area (Å²) in [6.45, 7) is 0. The molecule has 0 atom stereocenters. The molecule has 120 valence electrons. The highest BCUT2D eigenvalue weighted by molar-refractivity contribution is 8.01. The first kappa shape index (κ1) is 14.9. The van der Waals surface area contributed by atoms with Crippen molar-refractivity contribution < 1.29 is 4.79 Å². The molecule has 0 radical (unpaired) electrons. The summed E-state index contributed by atoms with van der Waals surface area (Å²) >= 11 is 1.44. The summed E-state index contributed by atoms with van der Waals surface area (Å²) < 4.78 is -0.457. The van der Waals surface area contributed by atoms with Gasteiger partial charge in [0.1, 0.15) is 4.75 Å². The van der Waals surface area contributed by atoms with E-state index in [2.05, 4.69) is 25.5 Å². The van der Waals surface area contributed by atoms with Crippen LogP contribution in [0.1, 0.15) is 12.8 Å². The number of nitrogens with one attached hydrogen (secondary N) is 2. The Morgan fingerprint density at radius 1 is 1.12 bits per heavy atom. The molecule has 7 heteroatoms. The number of carbonyl (C=O) groups is 1. The molecule has 1 fully saturated rings. The van der Waals surface area contributed by atoms with E-state index in [1.54, 1.807) is 12.4 Å². The van der Waals surface area contributed by atoms with Gasteiger partial charge in [-0.25, -0.2) is 0 Å². The van der Waals surface area contributed by atoms with E-state index in [0.29, 0.717) is 11.0 Å². The molecule has 2 N–H and O–H groups in total. The molecular formula is C17H15N5OS. The number of nitrogens with zero attached hydrogens (tertiary/aromatic N) is 3. The van der Waals surface area contributed by atoms with Crippen LogP contribution < -0.4 is 5.32 Å². The number of rotatable bonds is 5. The number of aromatic nitrogens is 4. The van der Waals surface area contributed by atoms with Crippen molar-refractivity contribution in [1.82, 2.24) is 20.2 Å². The van der Waals surface area contributed by atoms with Crippen LogP contribution in [0.4, 0.5) is 5.69 Å². The molecular weight excluding hydrogens is 322 g/mol. The average molecular weight is 337 g/mol. The normalized spacial score (nSPS) is 15.0. The molecule has 0 bridgehead atoms. The zero-order valence-electron chi connectivity index (χ0n) is 12.8. The van der Waals surface area contributed by atoms with Crippen molar-refractivity contribution >= 4 is 23.4 Å². The summed E-state index contributed by atoms with van der Waals surface area (Å²) in [5.74, 6) is 0.669. The quantitative estimate of drug-likeness (QED) is 0.747. The second-order valence-corrected chi connectivity index (χ2v) is 7.01. The zero-order valence-corrected chi connectivity index (χ0v) is 13.6. The summed E-state index contributed by atoms with van der Waals surface area (Å²) in [6.07, 6.45) is 5.10. The highest BCUT2D eigenvalue weighted by atomic mass is 32.2.